The van der Waals surface area contributed by atoms with E-state index in [4.69, 9.17) is 0 Å². The van der Waals surface area contributed by atoms with Crippen LogP contribution in [0.5, 0.6) is 0 Å². The first kappa shape index (κ1) is 14.3. The zero-order valence-corrected chi connectivity index (χ0v) is 13.0. The van der Waals surface area contributed by atoms with E-state index >= 15 is 0 Å². The molecule has 2 aromatic heterocycles. The molecule has 1 aliphatic carbocycles. The van der Waals surface area contributed by atoms with E-state index in [0.29, 0.717) is 5.82 Å². The minimum absolute atomic E-state index is 0.0409. The quantitative estimate of drug-likeness (QED) is 0.888. The van der Waals surface area contributed by atoms with Gasteiger partial charge in [-0.1, -0.05) is 20.3 Å². The highest BCUT2D eigenvalue weighted by molar-refractivity contribution is 7.19. The van der Waals surface area contributed by atoms with Crippen LogP contribution in [0.4, 0.5) is 5.82 Å². The van der Waals surface area contributed by atoms with Crippen molar-refractivity contribution in [3.8, 4) is 0 Å². The number of thiophene rings is 1. The van der Waals surface area contributed by atoms with Crippen molar-refractivity contribution in [3.05, 3.63) is 16.8 Å². The monoisotopic (exact) mass is 305 g/mol. The molecule has 1 aliphatic rings. The molecular weight excluding hydrogens is 286 g/mol. The fourth-order valence-electron chi connectivity index (χ4n) is 2.87. The van der Waals surface area contributed by atoms with Crippen LogP contribution in [0.1, 0.15) is 37.1 Å². The van der Waals surface area contributed by atoms with Gasteiger partial charge in [0.15, 0.2) is 0 Å². The molecular formula is C15H19N3O2S. The van der Waals surface area contributed by atoms with Crippen LogP contribution in [-0.2, 0) is 17.6 Å². The molecule has 0 saturated carbocycles. The lowest BCUT2D eigenvalue weighted by Gasteiger charge is -2.21. The molecule has 0 saturated heterocycles. The molecule has 0 aromatic carbocycles. The van der Waals surface area contributed by atoms with Crippen LogP contribution in [0.3, 0.4) is 0 Å². The van der Waals surface area contributed by atoms with Gasteiger partial charge < -0.3 is 10.4 Å². The molecule has 3 rings (SSSR count). The summed E-state index contributed by atoms with van der Waals surface area (Å²) in [4.78, 5) is 22.5. The van der Waals surface area contributed by atoms with Crippen molar-refractivity contribution in [3.63, 3.8) is 0 Å². The number of carbonyl (C=O) groups is 1. The van der Waals surface area contributed by atoms with Gasteiger partial charge in [-0.25, -0.2) is 14.8 Å². The fourth-order valence-corrected chi connectivity index (χ4v) is 4.10. The van der Waals surface area contributed by atoms with Crippen LogP contribution in [0.25, 0.3) is 10.2 Å². The number of nitrogens with zero attached hydrogens (tertiary/aromatic N) is 2. The van der Waals surface area contributed by atoms with Gasteiger partial charge in [-0.15, -0.1) is 11.3 Å². The number of carboxylic acids is 1. The molecule has 2 heterocycles. The number of hydrogen-bond donors (Lipinski definition) is 2. The molecule has 21 heavy (non-hydrogen) atoms. The number of fused-ring (bicyclic) bond motifs is 3. The summed E-state index contributed by atoms with van der Waals surface area (Å²) in [5.74, 6) is -0.116. The van der Waals surface area contributed by atoms with Crippen LogP contribution in [0.15, 0.2) is 6.33 Å². The van der Waals surface area contributed by atoms with E-state index in [0.717, 1.165) is 29.5 Å². The molecule has 0 aliphatic heterocycles. The van der Waals surface area contributed by atoms with E-state index in [9.17, 15) is 9.90 Å². The second-order valence-corrected chi connectivity index (χ2v) is 6.69. The lowest BCUT2D eigenvalue weighted by atomic mass is 9.99. The molecule has 2 N–H and O–H groups in total. The number of carboxylic acid groups (broad SMARTS) is 1. The van der Waals surface area contributed by atoms with Gasteiger partial charge in [-0.05, 0) is 30.7 Å². The maximum absolute atomic E-state index is 11.5. The Bertz CT molecular complexity index is 683. The van der Waals surface area contributed by atoms with Crippen molar-refractivity contribution in [2.45, 2.75) is 45.6 Å². The van der Waals surface area contributed by atoms with Crippen LogP contribution in [0.2, 0.25) is 0 Å². The Labute approximate surface area is 127 Å². The van der Waals surface area contributed by atoms with Gasteiger partial charge in [0.05, 0.1) is 5.39 Å². The van der Waals surface area contributed by atoms with Gasteiger partial charge >= 0.3 is 5.97 Å². The maximum atomic E-state index is 11.5. The first-order valence-electron chi connectivity index (χ1n) is 7.36. The minimum Gasteiger partial charge on any atom is -0.480 e. The Kier molecular flexibility index (Phi) is 3.80. The van der Waals surface area contributed by atoms with E-state index in [1.807, 2.05) is 13.8 Å². The number of aromatic nitrogens is 2. The summed E-state index contributed by atoms with van der Waals surface area (Å²) in [7, 11) is 0. The van der Waals surface area contributed by atoms with Gasteiger partial charge in [-0.2, -0.15) is 0 Å². The summed E-state index contributed by atoms with van der Waals surface area (Å²) in [6.45, 7) is 3.95. The van der Waals surface area contributed by atoms with Gasteiger partial charge in [0.2, 0.25) is 0 Å². The first-order valence-corrected chi connectivity index (χ1v) is 8.18. The van der Waals surface area contributed by atoms with Crippen LogP contribution >= 0.6 is 11.3 Å². The van der Waals surface area contributed by atoms with E-state index in [1.165, 1.54) is 23.2 Å². The number of aliphatic carboxylic acids is 1. The Balaban J connectivity index is 2.02. The van der Waals surface area contributed by atoms with Gasteiger partial charge in [0.1, 0.15) is 23.0 Å². The lowest BCUT2D eigenvalue weighted by Crippen LogP contribution is -2.35. The molecule has 5 nitrogen and oxygen atoms in total. The van der Waals surface area contributed by atoms with Gasteiger partial charge in [-0.3, -0.25) is 0 Å². The fraction of sp³-hybridized carbons (Fsp3) is 0.533. The first-order chi connectivity index (χ1) is 10.1. The second kappa shape index (κ2) is 5.60. The van der Waals surface area contributed by atoms with Crippen molar-refractivity contribution in [1.82, 2.24) is 9.97 Å². The van der Waals surface area contributed by atoms with Crippen molar-refractivity contribution < 1.29 is 9.90 Å². The molecule has 0 fully saturated rings. The highest BCUT2D eigenvalue weighted by atomic mass is 32.1. The number of rotatable bonds is 5. The molecule has 2 aromatic rings. The Morgan fingerprint density at radius 1 is 1.48 bits per heavy atom. The zero-order chi connectivity index (χ0) is 15.0. The van der Waals surface area contributed by atoms with Crippen LogP contribution in [0, 0.1) is 5.92 Å². The Morgan fingerprint density at radius 3 is 3.00 bits per heavy atom. The van der Waals surface area contributed by atoms with Gasteiger partial charge in [0, 0.05) is 4.88 Å². The van der Waals surface area contributed by atoms with E-state index in [1.54, 1.807) is 11.3 Å². The summed E-state index contributed by atoms with van der Waals surface area (Å²) >= 11 is 1.71. The van der Waals surface area contributed by atoms with Crippen molar-refractivity contribution in [1.29, 1.82) is 0 Å². The molecule has 2 atom stereocenters. The third-order valence-corrected chi connectivity index (χ3v) is 5.47. The summed E-state index contributed by atoms with van der Waals surface area (Å²) < 4.78 is 0. The van der Waals surface area contributed by atoms with Crippen LogP contribution < -0.4 is 5.32 Å². The molecule has 0 radical (unpaired) electrons. The Hall–Kier alpha value is -1.69. The average molecular weight is 305 g/mol. The standard InChI is InChI=1S/C15H19N3O2S/c1-3-8(2)12(15(19)20)18-13-11-9-5-4-6-10(9)21-14(11)17-7-16-13/h7-8,12H,3-6H2,1-2H3,(H,19,20)(H,16,17,18). The average Bonchev–Trinajstić information content (AvgIpc) is 3.03. The topological polar surface area (TPSA) is 75.1 Å². The summed E-state index contributed by atoms with van der Waals surface area (Å²) in [5, 5.41) is 13.6. The summed E-state index contributed by atoms with van der Waals surface area (Å²) in [6.07, 6.45) is 5.63. The largest absolute Gasteiger partial charge is 0.480 e. The van der Waals surface area contributed by atoms with Crippen molar-refractivity contribution in [2.75, 3.05) is 5.32 Å². The molecule has 0 bridgehead atoms. The normalized spacial score (nSPS) is 16.7. The van der Waals surface area contributed by atoms with Gasteiger partial charge in [0.25, 0.3) is 0 Å². The summed E-state index contributed by atoms with van der Waals surface area (Å²) in [6, 6.07) is -0.620. The second-order valence-electron chi connectivity index (χ2n) is 5.61. The minimum atomic E-state index is -0.831. The third kappa shape index (κ3) is 2.48. The molecule has 2 unspecified atom stereocenters. The maximum Gasteiger partial charge on any atom is 0.326 e. The lowest BCUT2D eigenvalue weighted by molar-refractivity contribution is -0.139. The molecule has 6 heteroatoms. The zero-order valence-electron chi connectivity index (χ0n) is 12.2. The van der Waals surface area contributed by atoms with E-state index in [2.05, 4.69) is 15.3 Å². The summed E-state index contributed by atoms with van der Waals surface area (Å²) in [5.41, 5.74) is 1.31. The van der Waals surface area contributed by atoms with E-state index < -0.39 is 12.0 Å². The Morgan fingerprint density at radius 2 is 2.29 bits per heavy atom. The van der Waals surface area contributed by atoms with Crippen LogP contribution in [-0.4, -0.2) is 27.1 Å². The predicted molar refractivity (Wildman–Crippen MR) is 83.9 cm³/mol. The van der Waals surface area contributed by atoms with E-state index in [-0.39, 0.29) is 5.92 Å². The third-order valence-electron chi connectivity index (χ3n) is 4.27. The number of anilines is 1. The molecule has 0 amide bonds. The molecule has 0 spiro atoms. The predicted octanol–water partition coefficient (Wildman–Crippen LogP) is 3.09. The number of aryl methyl sites for hydroxylation is 2. The molecule has 112 valence electrons. The SMILES string of the molecule is CCC(C)C(Nc1ncnc2sc3c(c12)CCC3)C(=O)O. The highest BCUT2D eigenvalue weighted by Crippen LogP contribution is 2.39. The van der Waals surface area contributed by atoms with Crippen molar-refractivity contribution in [2.24, 2.45) is 5.92 Å². The smallest absolute Gasteiger partial charge is 0.326 e. The number of nitrogens with one attached hydrogen (secondary N) is 1. The number of hydrogen-bond acceptors (Lipinski definition) is 5. The highest BCUT2D eigenvalue weighted by Gasteiger charge is 2.27. The van der Waals surface area contributed by atoms with Crippen molar-refractivity contribution >= 4 is 33.3 Å².